The molecule has 0 saturated heterocycles. The van der Waals surface area contributed by atoms with Gasteiger partial charge in [-0.15, -0.1) is 0 Å². The van der Waals surface area contributed by atoms with Gasteiger partial charge in [-0.2, -0.15) is 19.4 Å². The number of nitrogens with two attached hydrogens (primary N) is 4. The molecule has 2 aliphatic carbocycles. The fourth-order valence-electron chi connectivity index (χ4n) is 6.84. The van der Waals surface area contributed by atoms with Crippen LogP contribution in [0.5, 0.6) is 0 Å². The summed E-state index contributed by atoms with van der Waals surface area (Å²) in [5.41, 5.74) is 19.1. The van der Waals surface area contributed by atoms with Crippen molar-refractivity contribution in [3.05, 3.63) is 58.8 Å². The molecule has 2 aliphatic rings. The number of aliphatic imine (C=N–C) groups is 2. The SMILES string of the molecule is CCCNC(=O)C1(NS(=O)(=O)c2ccc3c(Cl)cnc(N=C(N)N)c3c2)CCCC1.NC(N)=Nc1ncc(Cl)c2ccc(S(=O)(=O)NC3(C(=O)O)CCCC3)cc12. The summed E-state index contributed by atoms with van der Waals surface area (Å²) in [5.74, 6) is -1.67. The van der Waals surface area contributed by atoms with Crippen LogP contribution in [-0.4, -0.2) is 73.3 Å². The van der Waals surface area contributed by atoms with Crippen molar-refractivity contribution in [1.29, 1.82) is 0 Å². The third-order valence-corrected chi connectivity index (χ3v) is 13.3. The highest BCUT2D eigenvalue weighted by Gasteiger charge is 2.45. The van der Waals surface area contributed by atoms with Crippen molar-refractivity contribution >= 4 is 100 Å². The molecule has 22 heteroatoms. The first-order valence-electron chi connectivity index (χ1n) is 17.8. The third-order valence-electron chi connectivity index (χ3n) is 9.62. The van der Waals surface area contributed by atoms with Crippen molar-refractivity contribution in [2.45, 2.75) is 85.6 Å². The number of fused-ring (bicyclic) bond motifs is 2. The summed E-state index contributed by atoms with van der Waals surface area (Å²) in [4.78, 5) is 40.2. The van der Waals surface area contributed by atoms with Gasteiger partial charge >= 0.3 is 5.97 Å². The Morgan fingerprint density at radius 2 is 1.12 bits per heavy atom. The van der Waals surface area contributed by atoms with E-state index in [1.807, 2.05) is 6.92 Å². The van der Waals surface area contributed by atoms with Crippen molar-refractivity contribution in [2.24, 2.45) is 32.9 Å². The van der Waals surface area contributed by atoms with E-state index in [4.69, 9.17) is 46.1 Å². The van der Waals surface area contributed by atoms with Gasteiger partial charge < -0.3 is 33.4 Å². The summed E-state index contributed by atoms with van der Waals surface area (Å²) < 4.78 is 57.1. The lowest BCUT2D eigenvalue weighted by Crippen LogP contribution is -2.57. The van der Waals surface area contributed by atoms with Gasteiger partial charge in [-0.3, -0.25) is 9.59 Å². The van der Waals surface area contributed by atoms with Crippen molar-refractivity contribution in [1.82, 2.24) is 24.7 Å². The molecule has 2 heterocycles. The van der Waals surface area contributed by atoms with Crippen LogP contribution in [0.3, 0.4) is 0 Å². The molecule has 1 amide bonds. The zero-order chi connectivity index (χ0) is 41.8. The van der Waals surface area contributed by atoms with E-state index in [-0.39, 0.29) is 52.1 Å². The Labute approximate surface area is 339 Å². The van der Waals surface area contributed by atoms with E-state index in [0.717, 1.165) is 19.3 Å². The maximum Gasteiger partial charge on any atom is 0.324 e. The molecular formula is C35H43Cl2N11O7S2. The summed E-state index contributed by atoms with van der Waals surface area (Å²) in [6.45, 7) is 2.43. The standard InChI is InChI=1S/C19H25ClN6O3S.C16H18ClN5O4S/c1-2-9-23-17(27)19(7-3-4-8-19)26-30(28,29)12-5-6-13-14(10-12)16(25-18(21)22)24-11-15(13)20;17-12-8-20-13(21-15(18)19)11-7-9(3-4-10(11)12)27(25,26)22-16(14(23)24)5-1-2-6-16/h5-6,10-11,26H,2-4,7-9H2,1H3,(H,23,27)(H4,21,22,24,25);3-4,7-8,22H,1-2,5-6H2,(H,23,24)(H4,18,19,20,21). The van der Waals surface area contributed by atoms with E-state index in [0.29, 0.717) is 63.8 Å². The van der Waals surface area contributed by atoms with Gasteiger partial charge in [0.25, 0.3) is 0 Å². The van der Waals surface area contributed by atoms with Crippen LogP contribution in [-0.2, 0) is 29.6 Å². The number of nitrogens with one attached hydrogen (secondary N) is 3. The smallest absolute Gasteiger partial charge is 0.324 e. The number of halogens is 2. The van der Waals surface area contributed by atoms with Crippen molar-refractivity contribution < 1.29 is 31.5 Å². The predicted octanol–water partition coefficient (Wildman–Crippen LogP) is 3.38. The number of hydrogen-bond acceptors (Lipinski definition) is 10. The molecule has 12 N–H and O–H groups in total. The second-order valence-electron chi connectivity index (χ2n) is 13.7. The first kappa shape index (κ1) is 43.3. The number of carboxylic acid groups (broad SMARTS) is 1. The van der Waals surface area contributed by atoms with Crippen LogP contribution in [0.4, 0.5) is 11.6 Å². The fourth-order valence-corrected chi connectivity index (χ4v) is 10.2. The Morgan fingerprint density at radius 1 is 0.719 bits per heavy atom. The first-order valence-corrected chi connectivity index (χ1v) is 21.5. The Hall–Kier alpha value is -4.86. The van der Waals surface area contributed by atoms with Crippen LogP contribution in [0, 0.1) is 0 Å². The number of carbonyl (C=O) groups is 2. The first-order chi connectivity index (χ1) is 26.8. The molecule has 2 saturated carbocycles. The van der Waals surface area contributed by atoms with Crippen LogP contribution >= 0.6 is 23.2 Å². The highest BCUT2D eigenvalue weighted by atomic mass is 35.5. The number of aromatic nitrogens is 2. The Bertz CT molecular complexity index is 2480. The quantitative estimate of drug-likeness (QED) is 0.0749. The summed E-state index contributed by atoms with van der Waals surface area (Å²) in [6, 6.07) is 8.58. The number of sulfonamides is 2. The third kappa shape index (κ3) is 9.65. The fraction of sp³-hybridized carbons (Fsp3) is 0.371. The van der Waals surface area contributed by atoms with E-state index in [1.54, 1.807) is 6.07 Å². The number of benzene rings is 2. The second-order valence-corrected chi connectivity index (χ2v) is 17.9. The topological polar surface area (TPSA) is 313 Å². The molecule has 0 radical (unpaired) electrons. The number of hydrogen-bond donors (Lipinski definition) is 8. The van der Waals surface area contributed by atoms with E-state index in [1.165, 1.54) is 42.7 Å². The monoisotopic (exact) mass is 863 g/mol. The molecule has 0 bridgehead atoms. The predicted molar refractivity (Wildman–Crippen MR) is 218 cm³/mol. The van der Waals surface area contributed by atoms with E-state index in [2.05, 4.69) is 34.7 Å². The van der Waals surface area contributed by atoms with Crippen molar-refractivity contribution in [2.75, 3.05) is 6.54 Å². The zero-order valence-corrected chi connectivity index (χ0v) is 33.9. The molecule has 0 aliphatic heterocycles. The maximum atomic E-state index is 13.2. The van der Waals surface area contributed by atoms with Gasteiger partial charge in [-0.05, 0) is 56.4 Å². The number of amides is 1. The Balaban J connectivity index is 0.000000219. The lowest BCUT2D eigenvalue weighted by molar-refractivity contribution is -0.143. The molecule has 306 valence electrons. The van der Waals surface area contributed by atoms with Crippen molar-refractivity contribution in [3.8, 4) is 0 Å². The van der Waals surface area contributed by atoms with E-state index in [9.17, 15) is 31.5 Å². The van der Waals surface area contributed by atoms with Gasteiger partial charge in [-0.25, -0.2) is 26.8 Å². The summed E-state index contributed by atoms with van der Waals surface area (Å²) in [7, 11) is -8.12. The second kappa shape index (κ2) is 17.3. The number of guanidine groups is 2. The Kier molecular flexibility index (Phi) is 13.2. The highest BCUT2D eigenvalue weighted by molar-refractivity contribution is 7.89. The molecule has 6 rings (SSSR count). The van der Waals surface area contributed by atoms with Gasteiger partial charge in [0.2, 0.25) is 26.0 Å². The van der Waals surface area contributed by atoms with Gasteiger partial charge in [0, 0.05) is 40.5 Å². The largest absolute Gasteiger partial charge is 0.480 e. The number of pyridine rings is 2. The number of rotatable bonds is 12. The Morgan fingerprint density at radius 3 is 1.51 bits per heavy atom. The molecule has 0 unspecified atom stereocenters. The lowest BCUT2D eigenvalue weighted by Gasteiger charge is -2.28. The number of carboxylic acids is 1. The minimum atomic E-state index is -4.11. The molecular weight excluding hydrogens is 821 g/mol. The van der Waals surface area contributed by atoms with Crippen LogP contribution in [0.2, 0.25) is 10.0 Å². The minimum Gasteiger partial charge on any atom is -0.480 e. The summed E-state index contributed by atoms with van der Waals surface area (Å²) in [5, 5.41) is 14.8. The van der Waals surface area contributed by atoms with E-state index < -0.39 is 37.1 Å². The maximum absolute atomic E-state index is 13.2. The molecule has 18 nitrogen and oxygen atoms in total. The van der Waals surface area contributed by atoms with E-state index >= 15 is 0 Å². The van der Waals surface area contributed by atoms with Gasteiger partial charge in [0.15, 0.2) is 23.6 Å². The minimum absolute atomic E-state index is 0.0272. The van der Waals surface area contributed by atoms with Gasteiger partial charge in [-0.1, -0.05) is 67.9 Å². The average Bonchev–Trinajstić information content (AvgIpc) is 3.83. The zero-order valence-electron chi connectivity index (χ0n) is 30.8. The normalized spacial score (nSPS) is 16.1. The number of carbonyl (C=O) groups excluding carboxylic acids is 1. The molecule has 2 fully saturated rings. The average molecular weight is 865 g/mol. The van der Waals surface area contributed by atoms with Crippen molar-refractivity contribution in [3.63, 3.8) is 0 Å². The molecule has 0 atom stereocenters. The van der Waals surface area contributed by atoms with Crippen LogP contribution in [0.25, 0.3) is 21.5 Å². The molecule has 4 aromatic rings. The highest BCUT2D eigenvalue weighted by Crippen LogP contribution is 2.36. The molecule has 2 aromatic carbocycles. The molecule has 0 spiro atoms. The number of nitrogens with zero attached hydrogens (tertiary/aromatic N) is 4. The van der Waals surface area contributed by atoms with Crippen LogP contribution in [0.15, 0.2) is 68.6 Å². The van der Waals surface area contributed by atoms with Gasteiger partial charge in [0.1, 0.15) is 11.1 Å². The molecule has 2 aromatic heterocycles. The van der Waals surface area contributed by atoms with Crippen LogP contribution < -0.4 is 37.7 Å². The summed E-state index contributed by atoms with van der Waals surface area (Å²) >= 11 is 12.3. The lowest BCUT2D eigenvalue weighted by atomic mass is 9.98. The molecule has 57 heavy (non-hydrogen) atoms. The van der Waals surface area contributed by atoms with Gasteiger partial charge in [0.05, 0.1) is 19.8 Å². The number of aliphatic carboxylic acids is 1. The summed E-state index contributed by atoms with van der Waals surface area (Å²) in [6.07, 6.45) is 7.71. The van der Waals surface area contributed by atoms with Crippen LogP contribution in [0.1, 0.15) is 64.7 Å².